The molecule has 0 saturated heterocycles. The van der Waals surface area contributed by atoms with Gasteiger partial charge in [-0.25, -0.2) is 4.98 Å². The number of guanidine groups is 1. The van der Waals surface area contributed by atoms with E-state index >= 15 is 0 Å². The van der Waals surface area contributed by atoms with E-state index < -0.39 is 0 Å². The van der Waals surface area contributed by atoms with Gasteiger partial charge in [0.25, 0.3) is 0 Å². The Labute approximate surface area is 145 Å². The van der Waals surface area contributed by atoms with E-state index in [9.17, 15) is 0 Å². The summed E-state index contributed by atoms with van der Waals surface area (Å²) in [4.78, 5) is 8.42. The van der Waals surface area contributed by atoms with Crippen molar-refractivity contribution < 1.29 is 9.47 Å². The highest BCUT2D eigenvalue weighted by atomic mass is 16.5. The molecule has 24 heavy (non-hydrogen) atoms. The smallest absolute Gasteiger partial charge is 0.212 e. The number of nitrogens with one attached hydrogen (secondary N) is 2. The van der Waals surface area contributed by atoms with Crippen molar-refractivity contribution in [2.24, 2.45) is 4.99 Å². The molecule has 0 aromatic carbocycles. The summed E-state index contributed by atoms with van der Waals surface area (Å²) < 4.78 is 11.0. The lowest BCUT2D eigenvalue weighted by molar-refractivity contribution is 0.0468. The first-order valence-electron chi connectivity index (χ1n) is 8.87. The van der Waals surface area contributed by atoms with Crippen molar-refractivity contribution in [2.45, 2.75) is 51.2 Å². The maximum absolute atomic E-state index is 5.98. The number of hydrogen-bond acceptors (Lipinski definition) is 4. The zero-order valence-electron chi connectivity index (χ0n) is 14.9. The molecular formula is C18H30N4O2. The molecule has 1 saturated carbocycles. The summed E-state index contributed by atoms with van der Waals surface area (Å²) in [7, 11) is 3.39. The molecule has 1 heterocycles. The van der Waals surface area contributed by atoms with Crippen molar-refractivity contribution in [3.63, 3.8) is 0 Å². The van der Waals surface area contributed by atoms with Gasteiger partial charge in [-0.3, -0.25) is 4.99 Å². The lowest BCUT2D eigenvalue weighted by atomic mass is 10.1. The topological polar surface area (TPSA) is 67.8 Å². The molecule has 0 aliphatic heterocycles. The predicted octanol–water partition coefficient (Wildman–Crippen LogP) is 2.49. The number of nitrogens with zero attached hydrogens (tertiary/aromatic N) is 2. The molecule has 2 rings (SSSR count). The third kappa shape index (κ3) is 6.74. The maximum atomic E-state index is 5.98. The molecule has 6 nitrogen and oxygen atoms in total. The third-order valence-electron chi connectivity index (χ3n) is 4.24. The van der Waals surface area contributed by atoms with Crippen LogP contribution >= 0.6 is 0 Å². The third-order valence-corrected chi connectivity index (χ3v) is 4.24. The van der Waals surface area contributed by atoms with Crippen LogP contribution < -0.4 is 15.4 Å². The Bertz CT molecular complexity index is 482. The largest absolute Gasteiger partial charge is 0.481 e. The average molecular weight is 334 g/mol. The predicted molar refractivity (Wildman–Crippen MR) is 96.4 cm³/mol. The minimum absolute atomic E-state index is 0.439. The monoisotopic (exact) mass is 334 g/mol. The Morgan fingerprint density at radius 2 is 2.00 bits per heavy atom. The second-order valence-electron chi connectivity index (χ2n) is 6.05. The van der Waals surface area contributed by atoms with Crippen LogP contribution in [0, 0.1) is 0 Å². The van der Waals surface area contributed by atoms with Gasteiger partial charge in [0.1, 0.15) is 0 Å². The van der Waals surface area contributed by atoms with Gasteiger partial charge in [0.15, 0.2) is 5.96 Å². The molecule has 1 fully saturated rings. The molecule has 0 radical (unpaired) electrons. The van der Waals surface area contributed by atoms with Gasteiger partial charge in [0.05, 0.1) is 19.8 Å². The molecule has 0 amide bonds. The SMILES string of the molecule is CN=C(NCCOC1CCCCCC1)NCc1ccc(OC)nc1. The van der Waals surface area contributed by atoms with Crippen molar-refractivity contribution in [1.82, 2.24) is 15.6 Å². The van der Waals surface area contributed by atoms with Crippen LogP contribution in [-0.2, 0) is 11.3 Å². The molecule has 0 atom stereocenters. The molecule has 6 heteroatoms. The Morgan fingerprint density at radius 3 is 2.62 bits per heavy atom. The molecule has 1 aromatic rings. The second-order valence-corrected chi connectivity index (χ2v) is 6.05. The molecule has 1 aliphatic carbocycles. The van der Waals surface area contributed by atoms with Gasteiger partial charge in [0, 0.05) is 32.4 Å². The Balaban J connectivity index is 1.62. The van der Waals surface area contributed by atoms with Crippen LogP contribution in [0.4, 0.5) is 0 Å². The number of hydrogen-bond donors (Lipinski definition) is 2. The highest BCUT2D eigenvalue weighted by molar-refractivity contribution is 5.79. The molecule has 134 valence electrons. The number of aliphatic imine (C=N–C) groups is 1. The van der Waals surface area contributed by atoms with E-state index in [-0.39, 0.29) is 0 Å². The van der Waals surface area contributed by atoms with Crippen molar-refractivity contribution in [1.29, 1.82) is 0 Å². The summed E-state index contributed by atoms with van der Waals surface area (Å²) in [6.45, 7) is 2.15. The van der Waals surface area contributed by atoms with Gasteiger partial charge < -0.3 is 20.1 Å². The van der Waals surface area contributed by atoms with E-state index in [1.54, 1.807) is 20.4 Å². The van der Waals surface area contributed by atoms with Crippen molar-refractivity contribution in [2.75, 3.05) is 27.3 Å². The lowest BCUT2D eigenvalue weighted by Crippen LogP contribution is -2.38. The van der Waals surface area contributed by atoms with Crippen molar-refractivity contribution in [3.05, 3.63) is 23.9 Å². The Morgan fingerprint density at radius 1 is 1.21 bits per heavy atom. The van der Waals surface area contributed by atoms with Crippen LogP contribution in [-0.4, -0.2) is 44.4 Å². The van der Waals surface area contributed by atoms with Gasteiger partial charge in [-0.2, -0.15) is 0 Å². The molecule has 0 unspecified atom stereocenters. The molecule has 1 aliphatic rings. The van der Waals surface area contributed by atoms with E-state index in [0.717, 1.165) is 24.7 Å². The summed E-state index contributed by atoms with van der Waals surface area (Å²) in [6.07, 6.45) is 9.97. The first-order valence-corrected chi connectivity index (χ1v) is 8.87. The number of methoxy groups -OCH3 is 1. The quantitative estimate of drug-likeness (QED) is 0.347. The van der Waals surface area contributed by atoms with Crippen LogP contribution in [0.25, 0.3) is 0 Å². The highest BCUT2D eigenvalue weighted by Crippen LogP contribution is 2.19. The summed E-state index contributed by atoms with van der Waals surface area (Å²) in [5.74, 6) is 1.40. The van der Waals surface area contributed by atoms with E-state index in [4.69, 9.17) is 9.47 Å². The van der Waals surface area contributed by atoms with Crippen LogP contribution in [0.3, 0.4) is 0 Å². The zero-order valence-corrected chi connectivity index (χ0v) is 14.9. The van der Waals surface area contributed by atoms with E-state index in [2.05, 4.69) is 20.6 Å². The molecule has 2 N–H and O–H groups in total. The van der Waals surface area contributed by atoms with Gasteiger partial charge in [-0.05, 0) is 18.4 Å². The fourth-order valence-corrected chi connectivity index (χ4v) is 2.85. The summed E-state index contributed by atoms with van der Waals surface area (Å²) in [5, 5.41) is 6.56. The van der Waals surface area contributed by atoms with Gasteiger partial charge >= 0.3 is 0 Å². The van der Waals surface area contributed by atoms with Crippen molar-refractivity contribution in [3.8, 4) is 5.88 Å². The highest BCUT2D eigenvalue weighted by Gasteiger charge is 2.12. The first kappa shape index (κ1) is 18.5. The molecule has 0 bridgehead atoms. The molecule has 0 spiro atoms. The van der Waals surface area contributed by atoms with Crippen LogP contribution in [0.2, 0.25) is 0 Å². The Kier molecular flexibility index (Phi) is 8.38. The fourth-order valence-electron chi connectivity index (χ4n) is 2.85. The number of pyridine rings is 1. The minimum atomic E-state index is 0.439. The number of ether oxygens (including phenoxy) is 2. The van der Waals surface area contributed by atoms with E-state index in [0.29, 0.717) is 18.5 Å². The normalized spacial score (nSPS) is 16.5. The van der Waals surface area contributed by atoms with Crippen molar-refractivity contribution >= 4 is 5.96 Å². The standard InChI is InChI=1S/C18H30N4O2/c1-19-18(22-14-15-9-10-17(23-2)21-13-15)20-11-12-24-16-7-5-3-4-6-8-16/h9-10,13,16H,3-8,11-12,14H2,1-2H3,(H2,19,20,22). The summed E-state index contributed by atoms with van der Waals surface area (Å²) >= 11 is 0. The zero-order chi connectivity index (χ0) is 17.0. The maximum Gasteiger partial charge on any atom is 0.212 e. The van der Waals surface area contributed by atoms with Crippen LogP contribution in [0.15, 0.2) is 23.3 Å². The van der Waals surface area contributed by atoms with Crippen LogP contribution in [0.1, 0.15) is 44.1 Å². The summed E-state index contributed by atoms with van der Waals surface area (Å²) in [5.41, 5.74) is 1.08. The van der Waals surface area contributed by atoms with Gasteiger partial charge in [-0.1, -0.05) is 31.7 Å². The molecular weight excluding hydrogens is 304 g/mol. The van der Waals surface area contributed by atoms with E-state index in [1.807, 2.05) is 12.1 Å². The minimum Gasteiger partial charge on any atom is -0.481 e. The van der Waals surface area contributed by atoms with Crippen LogP contribution in [0.5, 0.6) is 5.88 Å². The summed E-state index contributed by atoms with van der Waals surface area (Å²) in [6, 6.07) is 3.84. The lowest BCUT2D eigenvalue weighted by Gasteiger charge is -2.16. The number of rotatable bonds is 7. The molecule has 1 aromatic heterocycles. The van der Waals surface area contributed by atoms with Gasteiger partial charge in [-0.15, -0.1) is 0 Å². The van der Waals surface area contributed by atoms with Gasteiger partial charge in [0.2, 0.25) is 5.88 Å². The van der Waals surface area contributed by atoms with E-state index in [1.165, 1.54) is 38.5 Å². The Hall–Kier alpha value is -1.82. The second kappa shape index (κ2) is 10.9. The number of aromatic nitrogens is 1. The fraction of sp³-hybridized carbons (Fsp3) is 0.667. The average Bonchev–Trinajstić information content (AvgIpc) is 2.90. The first-order chi connectivity index (χ1) is 11.8.